The number of aromatic amines is 1. The monoisotopic (exact) mass is 348 g/mol. The van der Waals surface area contributed by atoms with E-state index in [1.807, 2.05) is 20.8 Å². The number of nitrogens with one attached hydrogen (secondary N) is 2. The molecule has 24 heavy (non-hydrogen) atoms. The molecule has 1 aromatic heterocycles. The van der Waals surface area contributed by atoms with Gasteiger partial charge < -0.3 is 10.1 Å². The Hall–Kier alpha value is -2.34. The van der Waals surface area contributed by atoms with Crippen molar-refractivity contribution in [1.82, 2.24) is 20.5 Å². The summed E-state index contributed by atoms with van der Waals surface area (Å²) in [5.74, 6) is 1.85. The summed E-state index contributed by atoms with van der Waals surface area (Å²) < 4.78 is 5.26. The molecule has 0 saturated carbocycles. The number of methoxy groups -OCH3 is 1. The zero-order valence-corrected chi connectivity index (χ0v) is 14.9. The number of benzene rings is 1. The van der Waals surface area contributed by atoms with E-state index in [0.29, 0.717) is 22.4 Å². The Morgan fingerprint density at radius 3 is 2.75 bits per heavy atom. The third-order valence-electron chi connectivity index (χ3n) is 3.46. The Kier molecular flexibility index (Phi) is 5.98. The summed E-state index contributed by atoms with van der Waals surface area (Å²) >= 11 is 5.99. The molecule has 1 heterocycles. The van der Waals surface area contributed by atoms with Crippen LogP contribution >= 0.6 is 11.6 Å². The molecule has 128 valence electrons. The summed E-state index contributed by atoms with van der Waals surface area (Å²) in [6.45, 7) is 5.82. The minimum atomic E-state index is -0.270. The van der Waals surface area contributed by atoms with E-state index < -0.39 is 0 Å². The molecule has 0 aliphatic rings. The topological polar surface area (TPSA) is 79.9 Å². The van der Waals surface area contributed by atoms with Crippen molar-refractivity contribution in [1.29, 1.82) is 0 Å². The van der Waals surface area contributed by atoms with E-state index in [0.717, 1.165) is 5.56 Å². The molecule has 7 heteroatoms. The molecule has 6 nitrogen and oxygen atoms in total. The van der Waals surface area contributed by atoms with Crippen molar-refractivity contribution in [3.05, 3.63) is 46.5 Å². The number of amides is 1. The predicted molar refractivity (Wildman–Crippen MR) is 93.9 cm³/mol. The molecule has 1 aromatic carbocycles. The van der Waals surface area contributed by atoms with Gasteiger partial charge in [-0.15, -0.1) is 0 Å². The number of carbonyl (C=O) groups is 1. The van der Waals surface area contributed by atoms with Gasteiger partial charge in [-0.2, -0.15) is 5.10 Å². The van der Waals surface area contributed by atoms with Crippen LogP contribution < -0.4 is 10.1 Å². The molecule has 0 aliphatic carbocycles. The van der Waals surface area contributed by atoms with Gasteiger partial charge in [0.05, 0.1) is 13.2 Å². The average molecular weight is 349 g/mol. The summed E-state index contributed by atoms with van der Waals surface area (Å²) in [6.07, 6.45) is 3.11. The van der Waals surface area contributed by atoms with Crippen molar-refractivity contribution in [3.63, 3.8) is 0 Å². The molecule has 1 atom stereocenters. The van der Waals surface area contributed by atoms with E-state index >= 15 is 0 Å². The molecule has 0 radical (unpaired) electrons. The number of ether oxygens (including phenoxy) is 1. The summed E-state index contributed by atoms with van der Waals surface area (Å²) in [5.41, 5.74) is 0.731. The quantitative estimate of drug-likeness (QED) is 0.785. The van der Waals surface area contributed by atoms with E-state index in [9.17, 15) is 4.79 Å². The predicted octanol–water partition coefficient (Wildman–Crippen LogP) is 3.30. The van der Waals surface area contributed by atoms with Crippen molar-refractivity contribution in [2.45, 2.75) is 26.8 Å². The van der Waals surface area contributed by atoms with E-state index in [-0.39, 0.29) is 17.9 Å². The molecular weight excluding hydrogens is 328 g/mol. The molecule has 0 spiro atoms. The van der Waals surface area contributed by atoms with Crippen LogP contribution in [0.15, 0.2) is 24.3 Å². The molecular formula is C17H21ClN4O2. The average Bonchev–Trinajstić information content (AvgIpc) is 2.96. The molecule has 0 saturated heterocycles. The van der Waals surface area contributed by atoms with Crippen LogP contribution in [0.25, 0.3) is 6.08 Å². The fourth-order valence-corrected chi connectivity index (χ4v) is 2.41. The Morgan fingerprint density at radius 2 is 2.17 bits per heavy atom. The molecule has 2 N–H and O–H groups in total. The number of hydrogen-bond donors (Lipinski definition) is 2. The van der Waals surface area contributed by atoms with Crippen molar-refractivity contribution in [2.24, 2.45) is 5.92 Å². The third kappa shape index (κ3) is 4.58. The number of rotatable bonds is 6. The highest BCUT2D eigenvalue weighted by Crippen LogP contribution is 2.24. The lowest BCUT2D eigenvalue weighted by Crippen LogP contribution is -2.31. The number of aromatic nitrogens is 3. The van der Waals surface area contributed by atoms with Crippen LogP contribution in [0, 0.1) is 12.8 Å². The van der Waals surface area contributed by atoms with Crippen LogP contribution in [-0.4, -0.2) is 28.2 Å². The molecule has 0 aliphatic heterocycles. The number of hydrogen-bond acceptors (Lipinski definition) is 4. The standard InChI is InChI=1S/C17H21ClN4O2/c1-10(2)16(17-19-11(3)21-22-17)20-15(23)8-5-12-9-13(18)6-7-14(12)24-4/h5-10,16H,1-4H3,(H,20,23)(H,19,21,22)/b8-5+/t16-/m0/s1. The van der Waals surface area contributed by atoms with Crippen LogP contribution in [0.5, 0.6) is 5.75 Å². The molecule has 0 bridgehead atoms. The summed E-state index contributed by atoms with van der Waals surface area (Å²) in [6, 6.07) is 4.96. The Morgan fingerprint density at radius 1 is 1.42 bits per heavy atom. The Balaban J connectivity index is 2.12. The number of aryl methyl sites for hydroxylation is 1. The number of carbonyl (C=O) groups excluding carboxylic acids is 1. The van der Waals surface area contributed by atoms with Crippen LogP contribution in [0.2, 0.25) is 5.02 Å². The minimum absolute atomic E-state index is 0.151. The molecule has 0 fully saturated rings. The molecule has 2 aromatic rings. The number of nitrogens with zero attached hydrogens (tertiary/aromatic N) is 2. The van der Waals surface area contributed by atoms with Gasteiger partial charge in [0, 0.05) is 16.7 Å². The first-order chi connectivity index (χ1) is 11.4. The zero-order chi connectivity index (χ0) is 17.7. The Labute approximate surface area is 146 Å². The molecule has 1 amide bonds. The van der Waals surface area contributed by atoms with Gasteiger partial charge in [0.1, 0.15) is 11.6 Å². The van der Waals surface area contributed by atoms with Crippen LogP contribution in [0.3, 0.4) is 0 Å². The maximum Gasteiger partial charge on any atom is 0.244 e. The fourth-order valence-electron chi connectivity index (χ4n) is 2.23. The van der Waals surface area contributed by atoms with Crippen molar-refractivity contribution in [3.8, 4) is 5.75 Å². The van der Waals surface area contributed by atoms with E-state index in [2.05, 4.69) is 20.5 Å². The largest absolute Gasteiger partial charge is 0.496 e. The first kappa shape index (κ1) is 18.0. The lowest BCUT2D eigenvalue weighted by atomic mass is 10.0. The first-order valence-corrected chi connectivity index (χ1v) is 7.99. The van der Waals surface area contributed by atoms with Gasteiger partial charge in [0.25, 0.3) is 0 Å². The van der Waals surface area contributed by atoms with Crippen LogP contribution in [0.1, 0.15) is 37.1 Å². The maximum atomic E-state index is 12.3. The van der Waals surface area contributed by atoms with Crippen molar-refractivity contribution in [2.75, 3.05) is 7.11 Å². The number of H-pyrrole nitrogens is 1. The third-order valence-corrected chi connectivity index (χ3v) is 3.70. The van der Waals surface area contributed by atoms with Gasteiger partial charge >= 0.3 is 0 Å². The fraction of sp³-hybridized carbons (Fsp3) is 0.353. The Bertz CT molecular complexity index is 740. The van der Waals surface area contributed by atoms with Crippen LogP contribution in [-0.2, 0) is 4.79 Å². The van der Waals surface area contributed by atoms with E-state index in [1.165, 1.54) is 6.08 Å². The summed E-state index contributed by atoms with van der Waals surface area (Å²) in [5, 5.41) is 10.4. The normalized spacial score (nSPS) is 12.6. The van der Waals surface area contributed by atoms with Gasteiger partial charge in [0.2, 0.25) is 5.91 Å². The van der Waals surface area contributed by atoms with E-state index in [4.69, 9.17) is 16.3 Å². The zero-order valence-electron chi connectivity index (χ0n) is 14.1. The van der Waals surface area contributed by atoms with Gasteiger partial charge in [-0.05, 0) is 37.1 Å². The van der Waals surface area contributed by atoms with Gasteiger partial charge in [-0.3, -0.25) is 9.89 Å². The number of halogens is 1. The highest BCUT2D eigenvalue weighted by Gasteiger charge is 2.21. The van der Waals surface area contributed by atoms with Gasteiger partial charge in [0.15, 0.2) is 5.82 Å². The lowest BCUT2D eigenvalue weighted by Gasteiger charge is -2.18. The summed E-state index contributed by atoms with van der Waals surface area (Å²) in [4.78, 5) is 16.6. The smallest absolute Gasteiger partial charge is 0.244 e. The van der Waals surface area contributed by atoms with Gasteiger partial charge in [-0.25, -0.2) is 4.98 Å². The van der Waals surface area contributed by atoms with Crippen molar-refractivity contribution >= 4 is 23.6 Å². The SMILES string of the molecule is COc1ccc(Cl)cc1/C=C/C(=O)N[C@H](c1n[nH]c(C)n1)C(C)C. The highest BCUT2D eigenvalue weighted by molar-refractivity contribution is 6.30. The van der Waals surface area contributed by atoms with Gasteiger partial charge in [-0.1, -0.05) is 25.4 Å². The van der Waals surface area contributed by atoms with E-state index in [1.54, 1.807) is 31.4 Å². The summed E-state index contributed by atoms with van der Waals surface area (Å²) in [7, 11) is 1.57. The molecule has 2 rings (SSSR count). The minimum Gasteiger partial charge on any atom is -0.496 e. The van der Waals surface area contributed by atoms with Crippen LogP contribution in [0.4, 0.5) is 0 Å². The maximum absolute atomic E-state index is 12.3. The highest BCUT2D eigenvalue weighted by atomic mass is 35.5. The second-order valence-corrected chi connectivity index (χ2v) is 6.17. The molecule has 0 unspecified atom stereocenters. The first-order valence-electron chi connectivity index (χ1n) is 7.61. The second kappa shape index (κ2) is 7.97. The lowest BCUT2D eigenvalue weighted by molar-refractivity contribution is -0.117. The second-order valence-electron chi connectivity index (χ2n) is 5.73. The van der Waals surface area contributed by atoms with Crippen molar-refractivity contribution < 1.29 is 9.53 Å².